The molecule has 0 N–H and O–H groups in total. The molecule has 0 saturated carbocycles. The molecule has 6 aromatic carbocycles. The Labute approximate surface area is 394 Å². The van der Waals surface area contributed by atoms with E-state index in [-0.39, 0.29) is 34.4 Å². The summed E-state index contributed by atoms with van der Waals surface area (Å²) in [6.45, 7) is 6.92. The standard InChI is InChI=1S/2C20H15F6.C12H9Si.2ClH.Zr/c2*1-3-12-6-13-5-4-11(2)18(17(13)7-12)14-8-15(19(21,22)23)10-16(9-14)20(24,25)26;1-3-7-11-9(5-1)10-6-2-4-8-12(10)13-11;;;/h2*4-10H,3H2,1-2H3;1-7H,13H2;2*1H;/q;;;;;+2/p-2. The molecule has 0 nitrogen and oxygen atoms in total. The van der Waals surface area contributed by atoms with E-state index >= 15 is 0 Å². The summed E-state index contributed by atoms with van der Waals surface area (Å²) >= 11 is -6.44. The number of fused-ring (bicyclic) bond motifs is 5. The van der Waals surface area contributed by atoms with Crippen molar-refractivity contribution >= 4 is 52.3 Å². The van der Waals surface area contributed by atoms with Gasteiger partial charge in [-0.05, 0) is 0 Å². The maximum absolute atomic E-state index is 14.4. The van der Waals surface area contributed by atoms with Crippen LogP contribution in [0, 0.1) is 13.8 Å². The molecule has 0 amide bonds. The van der Waals surface area contributed by atoms with E-state index in [4.69, 9.17) is 17.0 Å². The Hall–Kier alpha value is -4.36. The molecule has 0 aromatic heterocycles. The first-order chi connectivity index (χ1) is 31.7. The number of allylic oxidation sites excluding steroid dienone is 2. The van der Waals surface area contributed by atoms with Crippen LogP contribution in [0.15, 0.2) is 114 Å². The van der Waals surface area contributed by atoms with Crippen LogP contribution < -0.4 is 13.6 Å². The fraction of sp³-hybridized carbons (Fsp3) is 0.231. The van der Waals surface area contributed by atoms with Gasteiger partial charge in [0.2, 0.25) is 0 Å². The summed E-state index contributed by atoms with van der Waals surface area (Å²) < 4.78 is 171. The van der Waals surface area contributed by atoms with Gasteiger partial charge in [0.25, 0.3) is 0 Å². The molecule has 1 heterocycles. The third-order valence-corrected chi connectivity index (χ3v) is 36.8. The van der Waals surface area contributed by atoms with E-state index < -0.39 is 80.1 Å². The molecule has 16 heteroatoms. The Morgan fingerprint density at radius 3 is 1.29 bits per heavy atom. The SMILES string of the molecule is CCC1=Cc2c(ccc(C)c2-c2cc(C(F)(F)F)cc(C(F)(F)F)c2)[CH]1[Zr]([Cl])([Cl])([c]1cccc2c1[SiH2]c1ccccc1-2)[CH]1C(CC)=Cc2c1ccc(C)c2-c1cc(C(F)(F)F)cc(C(F)(F)F)c1. The van der Waals surface area contributed by atoms with Crippen LogP contribution in [0.5, 0.6) is 0 Å². The van der Waals surface area contributed by atoms with Crippen LogP contribution in [0.25, 0.3) is 45.5 Å². The van der Waals surface area contributed by atoms with Crippen LogP contribution in [0.3, 0.4) is 0 Å². The van der Waals surface area contributed by atoms with Gasteiger partial charge >= 0.3 is 397 Å². The molecular weight excluding hydrogens is 1040 g/mol. The number of benzene rings is 6. The molecule has 0 radical (unpaired) electrons. The predicted molar refractivity (Wildman–Crippen MR) is 246 cm³/mol. The molecule has 2 aliphatic carbocycles. The number of halogens is 14. The zero-order chi connectivity index (χ0) is 49.3. The third kappa shape index (κ3) is 7.78. The molecule has 9 rings (SSSR count). The Kier molecular flexibility index (Phi) is 11.7. The molecule has 2 unspecified atom stereocenters. The summed E-state index contributed by atoms with van der Waals surface area (Å²) in [4.78, 5) is 0. The number of hydrogen-bond donors (Lipinski definition) is 0. The normalized spacial score (nSPS) is 17.9. The van der Waals surface area contributed by atoms with E-state index in [9.17, 15) is 52.7 Å². The van der Waals surface area contributed by atoms with Gasteiger partial charge in [0.05, 0.1) is 0 Å². The van der Waals surface area contributed by atoms with E-state index in [1.165, 1.54) is 0 Å². The van der Waals surface area contributed by atoms with Crippen molar-refractivity contribution in [1.82, 2.24) is 0 Å². The average molecular weight is 1080 g/mol. The minimum atomic E-state index is -6.44. The summed E-state index contributed by atoms with van der Waals surface area (Å²) in [5.41, 5.74) is -0.443. The maximum atomic E-state index is 14.4. The van der Waals surface area contributed by atoms with Crippen molar-refractivity contribution in [3.05, 3.63) is 170 Å². The van der Waals surface area contributed by atoms with E-state index in [2.05, 4.69) is 0 Å². The van der Waals surface area contributed by atoms with Crippen LogP contribution in [0.4, 0.5) is 52.7 Å². The molecule has 0 saturated heterocycles. The summed E-state index contributed by atoms with van der Waals surface area (Å²) in [6.07, 6.45) is -16.3. The fourth-order valence-electron chi connectivity index (χ4n) is 11.2. The van der Waals surface area contributed by atoms with Crippen molar-refractivity contribution in [3.8, 4) is 33.4 Å². The van der Waals surface area contributed by atoms with E-state index in [1.54, 1.807) is 50.3 Å². The number of hydrogen-bond acceptors (Lipinski definition) is 0. The molecule has 3 aliphatic rings. The monoisotopic (exact) mass is 1080 g/mol. The van der Waals surface area contributed by atoms with Gasteiger partial charge in [0.15, 0.2) is 0 Å². The van der Waals surface area contributed by atoms with Gasteiger partial charge in [-0.25, -0.2) is 0 Å². The molecule has 0 fully saturated rings. The molecule has 6 aromatic rings. The zero-order valence-corrected chi connectivity index (χ0v) is 41.9. The topological polar surface area (TPSA) is 0 Å². The zero-order valence-electron chi connectivity index (χ0n) is 36.5. The average Bonchev–Trinajstić information content (AvgIpc) is 3.97. The third-order valence-electron chi connectivity index (χ3n) is 14.0. The molecule has 68 heavy (non-hydrogen) atoms. The van der Waals surface area contributed by atoms with Crippen LogP contribution in [0.2, 0.25) is 0 Å². The quantitative estimate of drug-likeness (QED) is 0.110. The van der Waals surface area contributed by atoms with Crippen LogP contribution >= 0.6 is 17.0 Å². The fourth-order valence-corrected chi connectivity index (χ4v) is 39.4. The molecule has 353 valence electrons. The molecule has 1 aliphatic heterocycles. The second kappa shape index (κ2) is 16.4. The predicted octanol–water partition coefficient (Wildman–Crippen LogP) is 15.5. The minimum absolute atomic E-state index is 0.0827. The van der Waals surface area contributed by atoms with Gasteiger partial charge in [-0.1, -0.05) is 0 Å². The summed E-state index contributed by atoms with van der Waals surface area (Å²) in [5, 5.41) is 2.10. The van der Waals surface area contributed by atoms with E-state index in [0.29, 0.717) is 84.9 Å². The van der Waals surface area contributed by atoms with Crippen molar-refractivity contribution in [2.45, 2.75) is 72.5 Å². The first-order valence-electron chi connectivity index (χ1n) is 21.7. The molecular formula is C52H39Cl2F12SiZr. The molecule has 2 atom stereocenters. The van der Waals surface area contributed by atoms with Crippen LogP contribution in [0.1, 0.15) is 89.6 Å². The first-order valence-corrected chi connectivity index (χ1v) is 33.5. The Morgan fingerprint density at radius 2 is 0.897 bits per heavy atom. The van der Waals surface area contributed by atoms with E-state index in [0.717, 1.165) is 21.5 Å². The van der Waals surface area contributed by atoms with Gasteiger partial charge < -0.3 is 0 Å². The van der Waals surface area contributed by atoms with E-state index in [1.807, 2.05) is 56.3 Å². The summed E-state index contributed by atoms with van der Waals surface area (Å²) in [5.74, 6) is 0. The van der Waals surface area contributed by atoms with Crippen molar-refractivity contribution in [2.24, 2.45) is 0 Å². The van der Waals surface area contributed by atoms with Crippen molar-refractivity contribution in [3.63, 3.8) is 0 Å². The van der Waals surface area contributed by atoms with Crippen molar-refractivity contribution in [1.29, 1.82) is 0 Å². The van der Waals surface area contributed by atoms with Crippen LogP contribution in [-0.2, 0) is 41.1 Å². The van der Waals surface area contributed by atoms with Gasteiger partial charge in [0, 0.05) is 0 Å². The molecule has 0 bridgehead atoms. The molecule has 0 spiro atoms. The van der Waals surface area contributed by atoms with Crippen molar-refractivity contribution < 1.29 is 69.1 Å². The summed E-state index contributed by atoms with van der Waals surface area (Å²) in [7, 11) is 16.5. The number of alkyl halides is 12. The number of rotatable bonds is 7. The van der Waals surface area contributed by atoms with Gasteiger partial charge in [-0.3, -0.25) is 0 Å². The van der Waals surface area contributed by atoms with Gasteiger partial charge in [-0.2, -0.15) is 0 Å². The number of aryl methyl sites for hydroxylation is 2. The van der Waals surface area contributed by atoms with Gasteiger partial charge in [-0.15, -0.1) is 0 Å². The Bertz CT molecular complexity index is 2930. The van der Waals surface area contributed by atoms with Crippen LogP contribution in [-0.4, -0.2) is 9.52 Å². The second-order valence-corrected chi connectivity index (χ2v) is 40.4. The van der Waals surface area contributed by atoms with Crippen molar-refractivity contribution in [2.75, 3.05) is 0 Å². The Balaban J connectivity index is 1.37. The second-order valence-electron chi connectivity index (χ2n) is 17.9. The van der Waals surface area contributed by atoms with Gasteiger partial charge in [0.1, 0.15) is 0 Å². The Morgan fingerprint density at radius 1 is 0.500 bits per heavy atom. The first kappa shape index (κ1) is 48.7. The summed E-state index contributed by atoms with van der Waals surface area (Å²) in [6, 6.07) is 23.5.